The zero-order valence-corrected chi connectivity index (χ0v) is 8.57. The molecule has 1 saturated heterocycles. The van der Waals surface area contributed by atoms with Crippen molar-refractivity contribution in [1.29, 1.82) is 0 Å². The fourth-order valence-corrected chi connectivity index (χ4v) is 2.01. The molecule has 0 spiro atoms. The third-order valence-electron chi connectivity index (χ3n) is 2.80. The van der Waals surface area contributed by atoms with Crippen molar-refractivity contribution in [3.63, 3.8) is 0 Å². The summed E-state index contributed by atoms with van der Waals surface area (Å²) in [4.78, 5) is 12.9. The predicted octanol–water partition coefficient (Wildman–Crippen LogP) is 1.19. The van der Waals surface area contributed by atoms with Crippen LogP contribution in [0.25, 0.3) is 0 Å². The average molecular weight is 195 g/mol. The summed E-state index contributed by atoms with van der Waals surface area (Å²) in [6, 6.07) is -0.355. The summed E-state index contributed by atoms with van der Waals surface area (Å²) >= 11 is 0. The number of rotatable bonds is 3. The van der Waals surface area contributed by atoms with Crippen LogP contribution in [0.1, 0.15) is 26.2 Å². The number of nitrogens with zero attached hydrogens (tertiary/aromatic N) is 1. The fraction of sp³-hybridized carbons (Fsp3) is 0.727. The maximum absolute atomic E-state index is 10.9. The summed E-state index contributed by atoms with van der Waals surface area (Å²) in [5.74, 6) is 2.22. The first-order valence-corrected chi connectivity index (χ1v) is 5.12. The minimum absolute atomic E-state index is 0.233. The Hall–Kier alpha value is -1.01. The lowest BCUT2D eigenvalue weighted by Crippen LogP contribution is -2.46. The third kappa shape index (κ3) is 2.49. The molecule has 0 bridgehead atoms. The van der Waals surface area contributed by atoms with Gasteiger partial charge in [-0.05, 0) is 25.8 Å². The van der Waals surface area contributed by atoms with Crippen molar-refractivity contribution >= 4 is 5.97 Å². The lowest BCUT2D eigenvalue weighted by atomic mass is 9.97. The van der Waals surface area contributed by atoms with E-state index in [4.69, 9.17) is 11.5 Å². The molecule has 0 aromatic carbocycles. The number of carbonyl (C=O) groups is 1. The summed E-state index contributed by atoms with van der Waals surface area (Å²) in [6.07, 6.45) is 8.05. The molecule has 3 heteroatoms. The van der Waals surface area contributed by atoms with Gasteiger partial charge in [-0.15, -0.1) is 12.3 Å². The van der Waals surface area contributed by atoms with Crippen molar-refractivity contribution in [2.24, 2.45) is 5.92 Å². The molecule has 3 nitrogen and oxygen atoms in total. The maximum Gasteiger partial charge on any atom is 0.320 e. The molecule has 1 N–H and O–H groups in total. The number of carboxylic acids is 1. The second-order valence-electron chi connectivity index (χ2n) is 3.76. The monoisotopic (exact) mass is 195 g/mol. The largest absolute Gasteiger partial charge is 0.480 e. The van der Waals surface area contributed by atoms with Gasteiger partial charge in [0.2, 0.25) is 0 Å². The first-order chi connectivity index (χ1) is 6.69. The Kier molecular flexibility index (Phi) is 3.97. The van der Waals surface area contributed by atoms with Gasteiger partial charge in [-0.2, -0.15) is 0 Å². The number of carboxylic acid groups (broad SMARTS) is 1. The second-order valence-corrected chi connectivity index (χ2v) is 3.76. The van der Waals surface area contributed by atoms with Gasteiger partial charge in [0, 0.05) is 12.5 Å². The van der Waals surface area contributed by atoms with Crippen molar-refractivity contribution < 1.29 is 9.90 Å². The van der Waals surface area contributed by atoms with Crippen LogP contribution in [0.15, 0.2) is 0 Å². The molecule has 1 aliphatic heterocycles. The molecule has 1 aliphatic rings. The lowest BCUT2D eigenvalue weighted by Gasteiger charge is -2.34. The molecule has 0 radical (unpaired) electrons. The average Bonchev–Trinajstić information content (AvgIpc) is 2.19. The fourth-order valence-electron chi connectivity index (χ4n) is 2.01. The minimum Gasteiger partial charge on any atom is -0.480 e. The van der Waals surface area contributed by atoms with Crippen LogP contribution < -0.4 is 0 Å². The summed E-state index contributed by atoms with van der Waals surface area (Å²) in [6.45, 7) is 3.50. The van der Waals surface area contributed by atoms with Crippen LogP contribution in [-0.4, -0.2) is 35.1 Å². The summed E-state index contributed by atoms with van der Waals surface area (Å²) < 4.78 is 0. The molecule has 1 fully saturated rings. The van der Waals surface area contributed by atoms with Crippen LogP contribution in [-0.2, 0) is 4.79 Å². The first-order valence-electron chi connectivity index (χ1n) is 5.12. The molecule has 0 amide bonds. The van der Waals surface area contributed by atoms with Gasteiger partial charge in [0.05, 0.1) is 0 Å². The van der Waals surface area contributed by atoms with Gasteiger partial charge in [-0.1, -0.05) is 6.92 Å². The second kappa shape index (κ2) is 5.02. The van der Waals surface area contributed by atoms with Gasteiger partial charge in [0.15, 0.2) is 0 Å². The molecule has 1 rings (SSSR count). The van der Waals surface area contributed by atoms with E-state index < -0.39 is 5.97 Å². The Morgan fingerprint density at radius 1 is 1.79 bits per heavy atom. The van der Waals surface area contributed by atoms with E-state index in [0.717, 1.165) is 25.9 Å². The Morgan fingerprint density at radius 2 is 2.50 bits per heavy atom. The summed E-state index contributed by atoms with van der Waals surface area (Å²) in [5.41, 5.74) is 0. The van der Waals surface area contributed by atoms with Crippen molar-refractivity contribution in [1.82, 2.24) is 4.90 Å². The standard InChI is InChI=1S/C11H17NO2/c1-3-9-6-5-7-12(8-9)10(4-2)11(13)14/h1,9-10H,4-8H2,2H3,(H,13,14). The van der Waals surface area contributed by atoms with Crippen molar-refractivity contribution in [3.05, 3.63) is 0 Å². The van der Waals surface area contributed by atoms with E-state index in [9.17, 15) is 4.79 Å². The highest BCUT2D eigenvalue weighted by atomic mass is 16.4. The van der Waals surface area contributed by atoms with Crippen molar-refractivity contribution in [2.45, 2.75) is 32.2 Å². The number of terminal acetylenes is 1. The van der Waals surface area contributed by atoms with E-state index >= 15 is 0 Å². The number of likely N-dealkylation sites (tertiary alicyclic amines) is 1. The molecule has 0 saturated carbocycles. The van der Waals surface area contributed by atoms with Crippen LogP contribution in [0.4, 0.5) is 0 Å². The highest BCUT2D eigenvalue weighted by molar-refractivity contribution is 5.73. The van der Waals surface area contributed by atoms with Gasteiger partial charge >= 0.3 is 5.97 Å². The Balaban J connectivity index is 2.58. The van der Waals surface area contributed by atoms with Crippen molar-refractivity contribution in [2.75, 3.05) is 13.1 Å². The molecule has 14 heavy (non-hydrogen) atoms. The molecule has 0 aromatic heterocycles. The number of aliphatic carboxylic acids is 1. The predicted molar refractivity (Wildman–Crippen MR) is 54.8 cm³/mol. The third-order valence-corrected chi connectivity index (χ3v) is 2.80. The van der Waals surface area contributed by atoms with Gasteiger partial charge in [-0.25, -0.2) is 0 Å². The molecule has 0 aliphatic carbocycles. The van der Waals surface area contributed by atoms with Gasteiger partial charge < -0.3 is 5.11 Å². The highest BCUT2D eigenvalue weighted by Crippen LogP contribution is 2.19. The van der Waals surface area contributed by atoms with Crippen LogP contribution in [0.3, 0.4) is 0 Å². The van der Waals surface area contributed by atoms with E-state index in [1.165, 1.54) is 0 Å². The van der Waals surface area contributed by atoms with Crippen LogP contribution in [0.5, 0.6) is 0 Å². The van der Waals surface area contributed by atoms with Gasteiger partial charge in [0.25, 0.3) is 0 Å². The molecular weight excluding hydrogens is 178 g/mol. The highest BCUT2D eigenvalue weighted by Gasteiger charge is 2.28. The van der Waals surface area contributed by atoms with Crippen LogP contribution >= 0.6 is 0 Å². The lowest BCUT2D eigenvalue weighted by molar-refractivity contribution is -0.144. The molecule has 2 unspecified atom stereocenters. The quantitative estimate of drug-likeness (QED) is 0.688. The minimum atomic E-state index is -0.731. The van der Waals surface area contributed by atoms with Crippen molar-refractivity contribution in [3.8, 4) is 12.3 Å². The Morgan fingerprint density at radius 3 is 3.00 bits per heavy atom. The molecule has 1 heterocycles. The number of piperidine rings is 1. The SMILES string of the molecule is C#CC1CCCN(C(CC)C(=O)O)C1. The van der Waals surface area contributed by atoms with E-state index in [2.05, 4.69) is 5.92 Å². The van der Waals surface area contributed by atoms with E-state index in [-0.39, 0.29) is 12.0 Å². The molecule has 0 aromatic rings. The Bertz CT molecular complexity index is 244. The molecular formula is C11H17NO2. The summed E-state index contributed by atoms with van der Waals surface area (Å²) in [7, 11) is 0. The van der Waals surface area contributed by atoms with E-state index in [1.807, 2.05) is 11.8 Å². The number of hydrogen-bond donors (Lipinski definition) is 1. The van der Waals surface area contributed by atoms with E-state index in [0.29, 0.717) is 6.42 Å². The Labute approximate surface area is 85.1 Å². The zero-order valence-electron chi connectivity index (χ0n) is 8.57. The van der Waals surface area contributed by atoms with Crippen LogP contribution in [0.2, 0.25) is 0 Å². The zero-order chi connectivity index (χ0) is 10.6. The smallest absolute Gasteiger partial charge is 0.320 e. The summed E-state index contributed by atoms with van der Waals surface area (Å²) in [5, 5.41) is 8.99. The van der Waals surface area contributed by atoms with E-state index in [1.54, 1.807) is 0 Å². The maximum atomic E-state index is 10.9. The molecule has 2 atom stereocenters. The normalized spacial score (nSPS) is 25.3. The van der Waals surface area contributed by atoms with Gasteiger partial charge in [0.1, 0.15) is 6.04 Å². The first kappa shape index (κ1) is 11.1. The number of hydrogen-bond acceptors (Lipinski definition) is 2. The topological polar surface area (TPSA) is 40.5 Å². The van der Waals surface area contributed by atoms with Gasteiger partial charge in [-0.3, -0.25) is 9.69 Å². The van der Waals surface area contributed by atoms with Crippen LogP contribution in [0, 0.1) is 18.3 Å². The molecule has 78 valence electrons.